The van der Waals surface area contributed by atoms with Gasteiger partial charge in [-0.1, -0.05) is 34.6 Å². The van der Waals surface area contributed by atoms with Gasteiger partial charge >= 0.3 is 0 Å². The van der Waals surface area contributed by atoms with Crippen molar-refractivity contribution in [3.63, 3.8) is 0 Å². The molecule has 1 aliphatic heterocycles. The molecule has 1 saturated carbocycles. The molecule has 1 aliphatic carbocycles. The van der Waals surface area contributed by atoms with Crippen LogP contribution in [0.1, 0.15) is 81.1 Å². The first-order chi connectivity index (χ1) is 12.9. The minimum absolute atomic E-state index is 0.0496. The van der Waals surface area contributed by atoms with Crippen LogP contribution in [-0.2, 0) is 14.3 Å². The van der Waals surface area contributed by atoms with E-state index in [1.165, 1.54) is 0 Å². The van der Waals surface area contributed by atoms with Crippen molar-refractivity contribution in [2.75, 3.05) is 6.61 Å². The van der Waals surface area contributed by atoms with Crippen LogP contribution in [0.4, 0.5) is 0 Å². The fourth-order valence-corrected chi connectivity index (χ4v) is 4.75. The van der Waals surface area contributed by atoms with Gasteiger partial charge in [0.25, 0.3) is 0 Å². The van der Waals surface area contributed by atoms with Gasteiger partial charge in [-0.2, -0.15) is 0 Å². The highest BCUT2D eigenvalue weighted by Crippen LogP contribution is 2.42. The van der Waals surface area contributed by atoms with Gasteiger partial charge in [0.1, 0.15) is 12.3 Å². The van der Waals surface area contributed by atoms with Crippen molar-refractivity contribution in [1.29, 1.82) is 0 Å². The van der Waals surface area contributed by atoms with Gasteiger partial charge in [0.15, 0.2) is 0 Å². The van der Waals surface area contributed by atoms with Crippen molar-refractivity contribution < 1.29 is 14.3 Å². The maximum atomic E-state index is 13.3. The topological polar surface area (TPSA) is 58.6 Å². The molecule has 28 heavy (non-hydrogen) atoms. The first-order valence-electron chi connectivity index (χ1n) is 11.0. The molecule has 0 radical (unpaired) electrons. The Morgan fingerprint density at radius 3 is 2.21 bits per heavy atom. The van der Waals surface area contributed by atoms with E-state index in [1.807, 2.05) is 20.8 Å². The van der Waals surface area contributed by atoms with Crippen molar-refractivity contribution in [1.82, 2.24) is 10.2 Å². The molecular formula is C23H42N2O3. The Labute approximate surface area is 172 Å². The van der Waals surface area contributed by atoms with E-state index >= 15 is 0 Å². The lowest BCUT2D eigenvalue weighted by Crippen LogP contribution is -2.61. The molecule has 0 spiro atoms. The fraction of sp³-hybridized carbons (Fsp3) is 0.913. The van der Waals surface area contributed by atoms with Gasteiger partial charge in [-0.3, -0.25) is 9.59 Å². The number of carbonyl (C=O) groups excluding carboxylic acids is 2. The minimum atomic E-state index is -0.471. The third-order valence-electron chi connectivity index (χ3n) is 7.04. The van der Waals surface area contributed by atoms with Crippen molar-refractivity contribution >= 4 is 12.3 Å². The average molecular weight is 395 g/mol. The van der Waals surface area contributed by atoms with E-state index in [9.17, 15) is 9.59 Å². The Bertz CT molecular complexity index is 545. The summed E-state index contributed by atoms with van der Waals surface area (Å²) in [5, 5.41) is 3.13. The Morgan fingerprint density at radius 2 is 1.71 bits per heavy atom. The van der Waals surface area contributed by atoms with Crippen LogP contribution in [0.25, 0.3) is 0 Å². The largest absolute Gasteiger partial charge is 0.358 e. The van der Waals surface area contributed by atoms with Crippen LogP contribution in [-0.4, -0.2) is 41.6 Å². The number of carbonyl (C=O) groups is 2. The molecule has 1 unspecified atom stereocenters. The molecule has 1 N–H and O–H groups in total. The zero-order chi connectivity index (χ0) is 21.3. The first kappa shape index (κ1) is 23.2. The Balaban J connectivity index is 2.30. The quantitative estimate of drug-likeness (QED) is 0.711. The highest BCUT2D eigenvalue weighted by molar-refractivity contribution is 5.84. The van der Waals surface area contributed by atoms with E-state index in [4.69, 9.17) is 4.74 Å². The van der Waals surface area contributed by atoms with Gasteiger partial charge in [0, 0.05) is 11.5 Å². The molecule has 0 bridgehead atoms. The van der Waals surface area contributed by atoms with Crippen LogP contribution >= 0.6 is 0 Å². The number of rotatable bonds is 5. The van der Waals surface area contributed by atoms with Gasteiger partial charge in [-0.05, 0) is 69.6 Å². The second-order valence-corrected chi connectivity index (χ2v) is 11.2. The molecule has 0 aromatic carbocycles. The minimum Gasteiger partial charge on any atom is -0.358 e. The highest BCUT2D eigenvalue weighted by atomic mass is 16.5. The summed E-state index contributed by atoms with van der Waals surface area (Å²) < 4.78 is 6.13. The second-order valence-electron chi connectivity index (χ2n) is 11.2. The van der Waals surface area contributed by atoms with Gasteiger partial charge < -0.3 is 15.0 Å². The normalized spacial score (nSPS) is 32.4. The Kier molecular flexibility index (Phi) is 7.22. The molecule has 0 aromatic heterocycles. The van der Waals surface area contributed by atoms with E-state index in [1.54, 1.807) is 4.90 Å². The SMILES string of the molecule is C[C@@H]1[C@H](C)COC(N(C=O)[C@H](C(=O)NC(C)(C)C)C2CCC(C)(C)CC2)[C@H]1C. The molecule has 2 amide bonds. The van der Waals surface area contributed by atoms with Crippen molar-refractivity contribution in [3.05, 3.63) is 0 Å². The van der Waals surface area contributed by atoms with E-state index in [0.717, 1.165) is 32.1 Å². The number of hydrogen-bond donors (Lipinski definition) is 1. The monoisotopic (exact) mass is 394 g/mol. The lowest BCUT2D eigenvalue weighted by molar-refractivity contribution is -0.180. The molecule has 162 valence electrons. The maximum absolute atomic E-state index is 13.3. The highest BCUT2D eigenvalue weighted by Gasteiger charge is 2.45. The molecule has 2 rings (SSSR count). The number of amides is 2. The van der Waals surface area contributed by atoms with Crippen LogP contribution in [0.2, 0.25) is 0 Å². The van der Waals surface area contributed by atoms with E-state index < -0.39 is 6.04 Å². The summed E-state index contributed by atoms with van der Waals surface area (Å²) in [5.74, 6) is 1.21. The van der Waals surface area contributed by atoms with Crippen molar-refractivity contribution in [2.24, 2.45) is 29.1 Å². The van der Waals surface area contributed by atoms with E-state index in [0.29, 0.717) is 23.9 Å². The number of ether oxygens (including phenoxy) is 1. The first-order valence-corrected chi connectivity index (χ1v) is 11.0. The second kappa shape index (κ2) is 8.73. The Morgan fingerprint density at radius 1 is 1.14 bits per heavy atom. The molecule has 1 heterocycles. The van der Waals surface area contributed by atoms with E-state index in [2.05, 4.69) is 39.9 Å². The van der Waals surface area contributed by atoms with Crippen LogP contribution in [0.5, 0.6) is 0 Å². The van der Waals surface area contributed by atoms with Gasteiger partial charge in [0.2, 0.25) is 12.3 Å². The smallest absolute Gasteiger partial charge is 0.243 e. The summed E-state index contributed by atoms with van der Waals surface area (Å²) in [5.41, 5.74) is -0.0230. The molecule has 5 heteroatoms. The average Bonchev–Trinajstić information content (AvgIpc) is 2.57. The summed E-state index contributed by atoms with van der Waals surface area (Å²) >= 11 is 0. The summed E-state index contributed by atoms with van der Waals surface area (Å²) in [7, 11) is 0. The standard InChI is InChI=1S/C23H42N2O3/c1-15-13-28-21(17(3)16(15)2)25(14-26)19(20(27)24-22(4,5)6)18-9-11-23(7,8)12-10-18/h14-19,21H,9-13H2,1-8H3,(H,24,27)/t15-,16-,17+,19+,21?/m1/s1. The summed E-state index contributed by atoms with van der Waals surface area (Å²) in [6.07, 6.45) is 4.61. The molecule has 0 aromatic rings. The van der Waals surface area contributed by atoms with E-state index in [-0.39, 0.29) is 29.5 Å². The van der Waals surface area contributed by atoms with Gasteiger partial charge in [-0.15, -0.1) is 0 Å². The molecule has 1 saturated heterocycles. The van der Waals surface area contributed by atoms with Gasteiger partial charge in [0.05, 0.1) is 6.61 Å². The number of hydrogen-bond acceptors (Lipinski definition) is 3. The zero-order valence-electron chi connectivity index (χ0n) is 19.2. The molecule has 2 fully saturated rings. The summed E-state index contributed by atoms with van der Waals surface area (Å²) in [4.78, 5) is 27.3. The number of nitrogens with one attached hydrogen (secondary N) is 1. The zero-order valence-corrected chi connectivity index (χ0v) is 19.2. The number of nitrogens with zero attached hydrogens (tertiary/aromatic N) is 1. The fourth-order valence-electron chi connectivity index (χ4n) is 4.75. The lowest BCUT2D eigenvalue weighted by Gasteiger charge is -2.48. The van der Waals surface area contributed by atoms with Crippen LogP contribution in [0.15, 0.2) is 0 Å². The predicted octanol–water partition coefficient (Wildman–Crippen LogP) is 4.21. The maximum Gasteiger partial charge on any atom is 0.243 e. The third-order valence-corrected chi connectivity index (χ3v) is 7.04. The van der Waals surface area contributed by atoms with Crippen LogP contribution in [0.3, 0.4) is 0 Å². The molecule has 5 nitrogen and oxygen atoms in total. The van der Waals surface area contributed by atoms with Crippen LogP contribution < -0.4 is 5.32 Å². The molecular weight excluding hydrogens is 352 g/mol. The van der Waals surface area contributed by atoms with Crippen LogP contribution in [0, 0.1) is 29.1 Å². The van der Waals surface area contributed by atoms with Crippen molar-refractivity contribution in [3.8, 4) is 0 Å². The molecule has 2 aliphatic rings. The summed E-state index contributed by atoms with van der Waals surface area (Å²) in [6.45, 7) is 17.7. The van der Waals surface area contributed by atoms with Gasteiger partial charge in [-0.25, -0.2) is 0 Å². The summed E-state index contributed by atoms with van der Waals surface area (Å²) in [6, 6.07) is -0.471. The molecule has 5 atom stereocenters. The third kappa shape index (κ3) is 5.49. The van der Waals surface area contributed by atoms with Crippen molar-refractivity contribution in [2.45, 2.75) is 98.9 Å². The Hall–Kier alpha value is -1.10. The predicted molar refractivity (Wildman–Crippen MR) is 113 cm³/mol. The lowest BCUT2D eigenvalue weighted by atomic mass is 9.70.